The molecule has 1 aliphatic rings. The summed E-state index contributed by atoms with van der Waals surface area (Å²) in [7, 11) is 0. The maximum absolute atomic E-state index is 12.6. The topological polar surface area (TPSA) is 46.2 Å². The standard InChI is InChI=1S/C19H16F3NO2/c1-11(24)13-3-2-4-15(9-13)23-18(25)17-10-16(17)12-5-7-14(8-6-12)19(20,21)22/h2-9,16-17H,10H2,1H3,(H,23,25). The van der Waals surface area contributed by atoms with Gasteiger partial charge in [0.2, 0.25) is 5.91 Å². The van der Waals surface area contributed by atoms with Gasteiger partial charge in [0.15, 0.2) is 5.78 Å². The van der Waals surface area contributed by atoms with Gasteiger partial charge in [-0.2, -0.15) is 13.2 Å². The minimum atomic E-state index is -4.36. The number of alkyl halides is 3. The third-order valence-electron chi connectivity index (χ3n) is 4.33. The number of carbonyl (C=O) groups is 2. The minimum Gasteiger partial charge on any atom is -0.326 e. The highest BCUT2D eigenvalue weighted by Gasteiger charge is 2.44. The molecule has 130 valence electrons. The summed E-state index contributed by atoms with van der Waals surface area (Å²) in [5, 5.41) is 2.76. The molecule has 0 saturated heterocycles. The molecule has 1 aliphatic carbocycles. The number of amides is 1. The molecule has 0 aliphatic heterocycles. The van der Waals surface area contributed by atoms with Crippen molar-refractivity contribution in [2.75, 3.05) is 5.32 Å². The van der Waals surface area contributed by atoms with Crippen molar-refractivity contribution >= 4 is 17.4 Å². The molecule has 0 radical (unpaired) electrons. The van der Waals surface area contributed by atoms with Crippen LogP contribution in [0.2, 0.25) is 0 Å². The summed E-state index contributed by atoms with van der Waals surface area (Å²) in [6, 6.07) is 11.6. The predicted octanol–water partition coefficient (Wildman–Crippen LogP) is 4.65. The van der Waals surface area contributed by atoms with Gasteiger partial charge in [0.25, 0.3) is 0 Å². The third kappa shape index (κ3) is 3.90. The monoisotopic (exact) mass is 347 g/mol. The quantitative estimate of drug-likeness (QED) is 0.819. The van der Waals surface area contributed by atoms with Gasteiger partial charge in [-0.15, -0.1) is 0 Å². The minimum absolute atomic E-state index is 0.0710. The number of hydrogen-bond acceptors (Lipinski definition) is 2. The summed E-state index contributed by atoms with van der Waals surface area (Å²) < 4.78 is 37.8. The molecule has 2 atom stereocenters. The van der Waals surface area contributed by atoms with E-state index in [-0.39, 0.29) is 23.5 Å². The zero-order valence-corrected chi connectivity index (χ0v) is 13.4. The third-order valence-corrected chi connectivity index (χ3v) is 4.33. The lowest BCUT2D eigenvalue weighted by Crippen LogP contribution is -2.15. The Hall–Kier alpha value is -2.63. The van der Waals surface area contributed by atoms with Crippen LogP contribution in [-0.2, 0) is 11.0 Å². The molecule has 1 N–H and O–H groups in total. The fourth-order valence-corrected chi connectivity index (χ4v) is 2.82. The van der Waals surface area contributed by atoms with E-state index < -0.39 is 11.7 Å². The van der Waals surface area contributed by atoms with Crippen LogP contribution < -0.4 is 5.32 Å². The van der Waals surface area contributed by atoms with Crippen LogP contribution in [0.25, 0.3) is 0 Å². The number of halogens is 3. The van der Waals surface area contributed by atoms with Crippen LogP contribution in [0.3, 0.4) is 0 Å². The van der Waals surface area contributed by atoms with Crippen LogP contribution in [0.5, 0.6) is 0 Å². The Morgan fingerprint density at radius 1 is 1.08 bits per heavy atom. The van der Waals surface area contributed by atoms with E-state index in [0.29, 0.717) is 17.7 Å². The van der Waals surface area contributed by atoms with Gasteiger partial charge >= 0.3 is 6.18 Å². The molecule has 0 heterocycles. The number of hydrogen-bond donors (Lipinski definition) is 1. The first-order valence-electron chi connectivity index (χ1n) is 7.85. The summed E-state index contributed by atoms with van der Waals surface area (Å²) in [6.07, 6.45) is -3.76. The molecule has 0 bridgehead atoms. The summed E-state index contributed by atoms with van der Waals surface area (Å²) in [5.41, 5.74) is 1.08. The zero-order valence-electron chi connectivity index (χ0n) is 13.4. The van der Waals surface area contributed by atoms with Crippen LogP contribution in [-0.4, -0.2) is 11.7 Å². The van der Waals surface area contributed by atoms with Crippen molar-refractivity contribution in [3.05, 3.63) is 65.2 Å². The number of nitrogens with one attached hydrogen (secondary N) is 1. The largest absolute Gasteiger partial charge is 0.416 e. The van der Waals surface area contributed by atoms with E-state index in [1.165, 1.54) is 19.1 Å². The number of carbonyl (C=O) groups excluding carboxylic acids is 2. The van der Waals surface area contributed by atoms with Crippen molar-refractivity contribution in [3.8, 4) is 0 Å². The van der Waals surface area contributed by atoms with E-state index in [1.807, 2.05) is 0 Å². The molecule has 2 unspecified atom stereocenters. The first-order valence-corrected chi connectivity index (χ1v) is 7.85. The lowest BCUT2D eigenvalue weighted by atomic mass is 10.1. The molecule has 0 aromatic heterocycles. The number of benzene rings is 2. The average molecular weight is 347 g/mol. The maximum Gasteiger partial charge on any atom is 0.416 e. The molecule has 1 saturated carbocycles. The number of Topliss-reactive ketones (excluding diaryl/α,β-unsaturated/α-hetero) is 1. The van der Waals surface area contributed by atoms with E-state index >= 15 is 0 Å². The lowest BCUT2D eigenvalue weighted by Gasteiger charge is -2.08. The molecule has 25 heavy (non-hydrogen) atoms. The molecular weight excluding hydrogens is 331 g/mol. The fraction of sp³-hybridized carbons (Fsp3) is 0.263. The highest BCUT2D eigenvalue weighted by molar-refractivity contribution is 5.98. The molecule has 2 aromatic carbocycles. The zero-order chi connectivity index (χ0) is 18.2. The van der Waals surface area contributed by atoms with Gasteiger partial charge in [-0.25, -0.2) is 0 Å². The SMILES string of the molecule is CC(=O)c1cccc(NC(=O)C2CC2c2ccc(C(F)(F)F)cc2)c1. The van der Waals surface area contributed by atoms with Crippen molar-refractivity contribution in [1.82, 2.24) is 0 Å². The first-order chi connectivity index (χ1) is 11.8. The summed E-state index contributed by atoms with van der Waals surface area (Å²) >= 11 is 0. The highest BCUT2D eigenvalue weighted by atomic mass is 19.4. The van der Waals surface area contributed by atoms with Gasteiger partial charge in [0, 0.05) is 17.2 Å². The van der Waals surface area contributed by atoms with Crippen molar-refractivity contribution in [2.45, 2.75) is 25.4 Å². The lowest BCUT2D eigenvalue weighted by molar-refractivity contribution is -0.137. The first kappa shape index (κ1) is 17.2. The summed E-state index contributed by atoms with van der Waals surface area (Å²) in [4.78, 5) is 23.7. The highest BCUT2D eigenvalue weighted by Crippen LogP contribution is 2.48. The Morgan fingerprint density at radius 2 is 1.76 bits per heavy atom. The molecule has 3 nitrogen and oxygen atoms in total. The van der Waals surface area contributed by atoms with Gasteiger partial charge in [0.1, 0.15) is 0 Å². The van der Waals surface area contributed by atoms with Gasteiger partial charge < -0.3 is 5.32 Å². The van der Waals surface area contributed by atoms with Crippen LogP contribution in [0, 0.1) is 5.92 Å². The van der Waals surface area contributed by atoms with E-state index in [0.717, 1.165) is 17.7 Å². The van der Waals surface area contributed by atoms with E-state index in [2.05, 4.69) is 5.32 Å². The average Bonchev–Trinajstić information content (AvgIpc) is 3.35. The number of anilines is 1. The van der Waals surface area contributed by atoms with Gasteiger partial charge in [0.05, 0.1) is 5.56 Å². The molecule has 1 amide bonds. The van der Waals surface area contributed by atoms with Crippen molar-refractivity contribution in [3.63, 3.8) is 0 Å². The van der Waals surface area contributed by atoms with Crippen molar-refractivity contribution in [1.29, 1.82) is 0 Å². The second-order valence-corrected chi connectivity index (χ2v) is 6.19. The smallest absolute Gasteiger partial charge is 0.326 e. The normalized spacial score (nSPS) is 19.4. The summed E-state index contributed by atoms with van der Waals surface area (Å²) in [6.45, 7) is 1.45. The Labute approximate surface area is 142 Å². The van der Waals surface area contributed by atoms with Gasteiger partial charge in [-0.05, 0) is 49.1 Å². The fourth-order valence-electron chi connectivity index (χ4n) is 2.82. The van der Waals surface area contributed by atoms with E-state index in [9.17, 15) is 22.8 Å². The second-order valence-electron chi connectivity index (χ2n) is 6.19. The van der Waals surface area contributed by atoms with Crippen LogP contribution in [0.1, 0.15) is 40.7 Å². The number of ketones is 1. The maximum atomic E-state index is 12.6. The van der Waals surface area contributed by atoms with E-state index in [1.54, 1.807) is 24.3 Å². The van der Waals surface area contributed by atoms with Crippen LogP contribution >= 0.6 is 0 Å². The molecule has 6 heteroatoms. The Morgan fingerprint density at radius 3 is 2.36 bits per heavy atom. The molecule has 0 spiro atoms. The van der Waals surface area contributed by atoms with Gasteiger partial charge in [-0.3, -0.25) is 9.59 Å². The van der Waals surface area contributed by atoms with Crippen LogP contribution in [0.15, 0.2) is 48.5 Å². The Balaban J connectivity index is 1.64. The predicted molar refractivity (Wildman–Crippen MR) is 87.4 cm³/mol. The number of rotatable bonds is 4. The Bertz CT molecular complexity index is 812. The second kappa shape index (κ2) is 6.35. The van der Waals surface area contributed by atoms with Crippen LogP contribution in [0.4, 0.5) is 18.9 Å². The van der Waals surface area contributed by atoms with Crippen molar-refractivity contribution in [2.24, 2.45) is 5.92 Å². The van der Waals surface area contributed by atoms with Crippen molar-refractivity contribution < 1.29 is 22.8 Å². The summed E-state index contributed by atoms with van der Waals surface area (Å²) in [5.74, 6) is -0.619. The molecule has 3 rings (SSSR count). The molecule has 1 fully saturated rings. The van der Waals surface area contributed by atoms with Gasteiger partial charge in [-0.1, -0.05) is 24.3 Å². The van der Waals surface area contributed by atoms with E-state index in [4.69, 9.17) is 0 Å². The Kier molecular flexibility index (Phi) is 4.37. The molecular formula is C19H16F3NO2. The molecule has 2 aromatic rings.